The highest BCUT2D eigenvalue weighted by atomic mass is 14.9. The highest BCUT2D eigenvalue weighted by Crippen LogP contribution is 2.40. The van der Waals surface area contributed by atoms with Gasteiger partial charge in [0, 0.05) is 6.04 Å². The first-order valence-electron chi connectivity index (χ1n) is 8.97. The van der Waals surface area contributed by atoms with E-state index in [1.54, 1.807) is 0 Å². The fourth-order valence-electron chi connectivity index (χ4n) is 4.64. The van der Waals surface area contributed by atoms with Gasteiger partial charge in [-0.2, -0.15) is 0 Å². The maximum atomic E-state index is 3.95. The van der Waals surface area contributed by atoms with Crippen molar-refractivity contribution in [2.45, 2.75) is 84.6 Å². The molecule has 2 aliphatic carbocycles. The lowest BCUT2D eigenvalue weighted by molar-refractivity contribution is 0.167. The number of nitrogens with one attached hydrogen (secondary N) is 1. The fraction of sp³-hybridized carbons (Fsp3) is 1.00. The Labute approximate surface area is 120 Å². The molecule has 19 heavy (non-hydrogen) atoms. The molecule has 0 aromatic carbocycles. The van der Waals surface area contributed by atoms with Gasteiger partial charge in [0.05, 0.1) is 0 Å². The van der Waals surface area contributed by atoms with Crippen molar-refractivity contribution in [2.24, 2.45) is 23.7 Å². The van der Waals surface area contributed by atoms with E-state index >= 15 is 0 Å². The summed E-state index contributed by atoms with van der Waals surface area (Å²) in [6.45, 7) is 8.37. The van der Waals surface area contributed by atoms with Gasteiger partial charge in [-0.05, 0) is 62.3 Å². The quantitative estimate of drug-likeness (QED) is 0.712. The van der Waals surface area contributed by atoms with Crippen LogP contribution in [-0.4, -0.2) is 12.6 Å². The van der Waals surface area contributed by atoms with Crippen molar-refractivity contribution in [2.75, 3.05) is 6.54 Å². The highest BCUT2D eigenvalue weighted by molar-refractivity contribution is 4.90. The predicted molar refractivity (Wildman–Crippen MR) is 84.3 cm³/mol. The normalized spacial score (nSPS) is 37.4. The van der Waals surface area contributed by atoms with Crippen molar-refractivity contribution in [3.8, 4) is 0 Å². The number of rotatable bonds is 6. The molecule has 0 amide bonds. The van der Waals surface area contributed by atoms with Crippen LogP contribution in [0.4, 0.5) is 0 Å². The standard InChI is InChI=1S/C18H35N/c1-4-11-19-18(17-10-9-14(3)12-17)16-8-6-7-15(5-2)13-16/h14-19H,4-13H2,1-3H3. The summed E-state index contributed by atoms with van der Waals surface area (Å²) in [5.74, 6) is 3.94. The first-order chi connectivity index (χ1) is 9.24. The van der Waals surface area contributed by atoms with Gasteiger partial charge in [-0.25, -0.2) is 0 Å². The minimum atomic E-state index is 0.833. The summed E-state index contributed by atoms with van der Waals surface area (Å²) >= 11 is 0. The van der Waals surface area contributed by atoms with E-state index in [2.05, 4.69) is 26.1 Å². The molecule has 2 rings (SSSR count). The summed E-state index contributed by atoms with van der Waals surface area (Å²) in [6, 6.07) is 0.833. The topological polar surface area (TPSA) is 12.0 Å². The van der Waals surface area contributed by atoms with Crippen LogP contribution in [0.2, 0.25) is 0 Å². The largest absolute Gasteiger partial charge is 0.313 e. The average molecular weight is 265 g/mol. The smallest absolute Gasteiger partial charge is 0.0124 e. The van der Waals surface area contributed by atoms with E-state index in [1.807, 2.05) is 0 Å². The van der Waals surface area contributed by atoms with Gasteiger partial charge >= 0.3 is 0 Å². The maximum absolute atomic E-state index is 3.95. The molecule has 0 bridgehead atoms. The third kappa shape index (κ3) is 4.21. The van der Waals surface area contributed by atoms with Crippen molar-refractivity contribution >= 4 is 0 Å². The molecular formula is C18H35N. The van der Waals surface area contributed by atoms with Gasteiger partial charge in [-0.3, -0.25) is 0 Å². The summed E-state index contributed by atoms with van der Waals surface area (Å²) in [4.78, 5) is 0. The Morgan fingerprint density at radius 3 is 2.42 bits per heavy atom. The van der Waals surface area contributed by atoms with Gasteiger partial charge in [0.15, 0.2) is 0 Å². The van der Waals surface area contributed by atoms with Crippen molar-refractivity contribution < 1.29 is 0 Å². The van der Waals surface area contributed by atoms with Crippen LogP contribution >= 0.6 is 0 Å². The SMILES string of the molecule is CCCNC(C1CCC(C)C1)C1CCCC(CC)C1. The van der Waals surface area contributed by atoms with Crippen LogP contribution in [0, 0.1) is 23.7 Å². The zero-order valence-electron chi connectivity index (χ0n) is 13.5. The molecule has 5 unspecified atom stereocenters. The first-order valence-corrected chi connectivity index (χ1v) is 8.97. The second kappa shape index (κ2) is 7.67. The van der Waals surface area contributed by atoms with Gasteiger partial charge in [0.25, 0.3) is 0 Å². The summed E-state index contributed by atoms with van der Waals surface area (Å²) in [7, 11) is 0. The summed E-state index contributed by atoms with van der Waals surface area (Å²) in [5.41, 5.74) is 0. The molecule has 5 atom stereocenters. The Balaban J connectivity index is 1.95. The molecule has 0 aliphatic heterocycles. The Bertz CT molecular complexity index is 250. The maximum Gasteiger partial charge on any atom is 0.0124 e. The lowest BCUT2D eigenvalue weighted by atomic mass is 9.73. The molecule has 0 aromatic rings. The lowest BCUT2D eigenvalue weighted by Crippen LogP contribution is -2.43. The van der Waals surface area contributed by atoms with Crippen LogP contribution < -0.4 is 5.32 Å². The molecule has 0 saturated heterocycles. The Kier molecular flexibility index (Phi) is 6.19. The molecule has 0 aromatic heterocycles. The zero-order chi connectivity index (χ0) is 13.7. The molecule has 2 fully saturated rings. The Morgan fingerprint density at radius 2 is 1.79 bits per heavy atom. The molecule has 0 spiro atoms. The van der Waals surface area contributed by atoms with E-state index in [0.29, 0.717) is 0 Å². The van der Waals surface area contributed by atoms with Crippen LogP contribution in [-0.2, 0) is 0 Å². The van der Waals surface area contributed by atoms with Crippen LogP contribution in [0.5, 0.6) is 0 Å². The van der Waals surface area contributed by atoms with Gasteiger partial charge < -0.3 is 5.32 Å². The minimum absolute atomic E-state index is 0.833. The first kappa shape index (κ1) is 15.4. The van der Waals surface area contributed by atoms with Gasteiger partial charge in [-0.1, -0.05) is 46.5 Å². The van der Waals surface area contributed by atoms with E-state index in [4.69, 9.17) is 0 Å². The van der Waals surface area contributed by atoms with Crippen molar-refractivity contribution in [3.63, 3.8) is 0 Å². The second-order valence-corrected chi connectivity index (χ2v) is 7.36. The molecule has 1 nitrogen and oxygen atoms in total. The average Bonchev–Trinajstić information content (AvgIpc) is 2.86. The molecule has 112 valence electrons. The second-order valence-electron chi connectivity index (χ2n) is 7.36. The Morgan fingerprint density at radius 1 is 1.00 bits per heavy atom. The van der Waals surface area contributed by atoms with Crippen molar-refractivity contribution in [1.82, 2.24) is 5.32 Å². The van der Waals surface area contributed by atoms with Gasteiger partial charge in [-0.15, -0.1) is 0 Å². The summed E-state index contributed by atoms with van der Waals surface area (Å²) < 4.78 is 0. The molecule has 1 N–H and O–H groups in total. The van der Waals surface area contributed by atoms with E-state index < -0.39 is 0 Å². The predicted octanol–water partition coefficient (Wildman–Crippen LogP) is 5.01. The number of hydrogen-bond acceptors (Lipinski definition) is 1. The van der Waals surface area contributed by atoms with Crippen LogP contribution in [0.3, 0.4) is 0 Å². The molecule has 1 heteroatoms. The lowest BCUT2D eigenvalue weighted by Gasteiger charge is -2.38. The molecule has 2 aliphatic rings. The minimum Gasteiger partial charge on any atom is -0.313 e. The van der Waals surface area contributed by atoms with E-state index in [1.165, 1.54) is 64.3 Å². The molecular weight excluding hydrogens is 230 g/mol. The van der Waals surface area contributed by atoms with E-state index in [0.717, 1.165) is 29.7 Å². The third-order valence-electron chi connectivity index (χ3n) is 5.78. The van der Waals surface area contributed by atoms with Crippen LogP contribution in [0.25, 0.3) is 0 Å². The Hall–Kier alpha value is -0.0400. The molecule has 0 heterocycles. The zero-order valence-corrected chi connectivity index (χ0v) is 13.5. The van der Waals surface area contributed by atoms with E-state index in [9.17, 15) is 0 Å². The van der Waals surface area contributed by atoms with Gasteiger partial charge in [0.1, 0.15) is 0 Å². The fourth-order valence-corrected chi connectivity index (χ4v) is 4.64. The molecule has 0 radical (unpaired) electrons. The van der Waals surface area contributed by atoms with Crippen molar-refractivity contribution in [1.29, 1.82) is 0 Å². The van der Waals surface area contributed by atoms with Crippen LogP contribution in [0.1, 0.15) is 78.6 Å². The monoisotopic (exact) mass is 265 g/mol. The summed E-state index contributed by atoms with van der Waals surface area (Å²) in [5, 5.41) is 3.95. The molecule has 2 saturated carbocycles. The van der Waals surface area contributed by atoms with Gasteiger partial charge in [0.2, 0.25) is 0 Å². The third-order valence-corrected chi connectivity index (χ3v) is 5.78. The van der Waals surface area contributed by atoms with Crippen molar-refractivity contribution in [3.05, 3.63) is 0 Å². The highest BCUT2D eigenvalue weighted by Gasteiger charge is 2.35. The number of hydrogen-bond donors (Lipinski definition) is 1. The summed E-state index contributed by atoms with van der Waals surface area (Å²) in [6.07, 6.45) is 13.1. The van der Waals surface area contributed by atoms with Crippen LogP contribution in [0.15, 0.2) is 0 Å². The van der Waals surface area contributed by atoms with E-state index in [-0.39, 0.29) is 0 Å².